The van der Waals surface area contributed by atoms with Gasteiger partial charge in [0.25, 0.3) is 0 Å². The summed E-state index contributed by atoms with van der Waals surface area (Å²) >= 11 is 1.62. The van der Waals surface area contributed by atoms with Crippen molar-refractivity contribution in [1.29, 1.82) is 0 Å². The number of aliphatic hydroxyl groups excluding tert-OH is 1. The zero-order valence-electron chi connectivity index (χ0n) is 7.67. The molecule has 0 aromatic heterocycles. The summed E-state index contributed by atoms with van der Waals surface area (Å²) in [5, 5.41) is 8.89. The highest BCUT2D eigenvalue weighted by Gasteiger charge is 2.29. The Bertz CT molecular complexity index is 269. The Labute approximate surface area is 86.6 Å². The third-order valence-corrected chi connectivity index (χ3v) is 3.23. The second kappa shape index (κ2) is 4.20. The van der Waals surface area contributed by atoms with Gasteiger partial charge >= 0.3 is 0 Å². The van der Waals surface area contributed by atoms with Gasteiger partial charge in [0.05, 0.1) is 12.9 Å². The van der Waals surface area contributed by atoms with Gasteiger partial charge in [-0.2, -0.15) is 0 Å². The van der Waals surface area contributed by atoms with Crippen LogP contribution < -0.4 is 5.73 Å². The summed E-state index contributed by atoms with van der Waals surface area (Å²) in [6.45, 7) is 0.781. The topological polar surface area (TPSA) is 71.1 Å². The standard InChI is InChI=1S/C8H13N3O2S/c9-6-1-2-11(5-10-6)7-4-14-8(3-12)13-7/h1,5,7-8,12H,2-4,9H2. The lowest BCUT2D eigenvalue weighted by Gasteiger charge is -2.26. The molecule has 5 nitrogen and oxygen atoms in total. The van der Waals surface area contributed by atoms with E-state index in [1.165, 1.54) is 0 Å². The van der Waals surface area contributed by atoms with Gasteiger partial charge < -0.3 is 20.5 Å². The van der Waals surface area contributed by atoms with Crippen LogP contribution in [0.1, 0.15) is 0 Å². The molecule has 3 N–H and O–H groups in total. The maximum absolute atomic E-state index is 8.89. The van der Waals surface area contributed by atoms with Crippen LogP contribution in [0, 0.1) is 0 Å². The maximum atomic E-state index is 8.89. The molecule has 2 atom stereocenters. The van der Waals surface area contributed by atoms with Crippen LogP contribution in [0.25, 0.3) is 0 Å². The second-order valence-electron chi connectivity index (χ2n) is 3.11. The Balaban J connectivity index is 1.89. The van der Waals surface area contributed by atoms with Gasteiger partial charge in [-0.25, -0.2) is 4.99 Å². The summed E-state index contributed by atoms with van der Waals surface area (Å²) in [4.78, 5) is 5.97. The van der Waals surface area contributed by atoms with E-state index >= 15 is 0 Å². The predicted molar refractivity (Wildman–Crippen MR) is 55.7 cm³/mol. The van der Waals surface area contributed by atoms with Gasteiger partial charge in [-0.15, -0.1) is 11.8 Å². The SMILES string of the molecule is NC1=CCN(C2CSC(CO)O2)C=N1. The maximum Gasteiger partial charge on any atom is 0.141 e. The number of nitrogens with two attached hydrogens (primary N) is 1. The number of hydrogen-bond acceptors (Lipinski definition) is 6. The summed E-state index contributed by atoms with van der Waals surface area (Å²) in [5.74, 6) is 1.40. The number of thioether (sulfide) groups is 1. The summed E-state index contributed by atoms with van der Waals surface area (Å²) in [5.41, 5.74) is 5.40. The minimum Gasteiger partial charge on any atom is -0.393 e. The molecule has 1 fully saturated rings. The highest BCUT2D eigenvalue weighted by atomic mass is 32.2. The molecule has 0 aromatic carbocycles. The fourth-order valence-corrected chi connectivity index (χ4v) is 2.31. The van der Waals surface area contributed by atoms with E-state index in [2.05, 4.69) is 4.99 Å². The molecule has 2 rings (SSSR count). The van der Waals surface area contributed by atoms with Crippen molar-refractivity contribution in [3.8, 4) is 0 Å². The summed E-state index contributed by atoms with van der Waals surface area (Å²) in [6, 6.07) is 0. The monoisotopic (exact) mass is 215 g/mol. The predicted octanol–water partition coefficient (Wildman–Crippen LogP) is -0.462. The Morgan fingerprint density at radius 2 is 2.64 bits per heavy atom. The fourth-order valence-electron chi connectivity index (χ4n) is 1.34. The Kier molecular flexibility index (Phi) is 2.95. The van der Waals surface area contributed by atoms with Crippen molar-refractivity contribution in [3.63, 3.8) is 0 Å². The molecule has 14 heavy (non-hydrogen) atoms. The molecule has 0 spiro atoms. The lowest BCUT2D eigenvalue weighted by Crippen LogP contribution is -2.38. The van der Waals surface area contributed by atoms with Crippen LogP contribution in [-0.2, 0) is 4.74 Å². The highest BCUT2D eigenvalue weighted by Crippen LogP contribution is 2.26. The Morgan fingerprint density at radius 3 is 3.21 bits per heavy atom. The van der Waals surface area contributed by atoms with Crippen LogP contribution in [0.4, 0.5) is 0 Å². The zero-order chi connectivity index (χ0) is 9.97. The molecule has 78 valence electrons. The van der Waals surface area contributed by atoms with Crippen molar-refractivity contribution in [3.05, 3.63) is 11.9 Å². The van der Waals surface area contributed by atoms with Gasteiger partial charge in [0, 0.05) is 12.3 Å². The van der Waals surface area contributed by atoms with Crippen molar-refractivity contribution in [2.24, 2.45) is 10.7 Å². The lowest BCUT2D eigenvalue weighted by atomic mass is 10.4. The minimum atomic E-state index is -0.100. The molecule has 6 heteroatoms. The first-order chi connectivity index (χ1) is 6.79. The summed E-state index contributed by atoms with van der Waals surface area (Å²) in [6.07, 6.45) is 3.55. The van der Waals surface area contributed by atoms with Crippen LogP contribution in [-0.4, -0.2) is 46.9 Å². The minimum absolute atomic E-state index is 0.00486. The molecule has 0 amide bonds. The highest BCUT2D eigenvalue weighted by molar-refractivity contribution is 8.00. The second-order valence-corrected chi connectivity index (χ2v) is 4.30. The lowest BCUT2D eigenvalue weighted by molar-refractivity contribution is -0.0219. The van der Waals surface area contributed by atoms with Crippen LogP contribution in [0.2, 0.25) is 0 Å². The molecular formula is C8H13N3O2S. The fraction of sp³-hybridized carbons (Fsp3) is 0.625. The van der Waals surface area contributed by atoms with E-state index in [9.17, 15) is 0 Å². The first kappa shape index (κ1) is 9.82. The van der Waals surface area contributed by atoms with E-state index < -0.39 is 0 Å². The van der Waals surface area contributed by atoms with Gasteiger partial charge in [0.15, 0.2) is 0 Å². The normalized spacial score (nSPS) is 32.1. The molecule has 2 aliphatic rings. The largest absolute Gasteiger partial charge is 0.393 e. The molecular weight excluding hydrogens is 202 g/mol. The van der Waals surface area contributed by atoms with Gasteiger partial charge in [-0.3, -0.25) is 0 Å². The quantitative estimate of drug-likeness (QED) is 0.652. The number of hydrogen-bond donors (Lipinski definition) is 2. The average Bonchev–Trinajstić information content (AvgIpc) is 2.67. The molecule has 0 saturated carbocycles. The van der Waals surface area contributed by atoms with Crippen LogP contribution in [0.5, 0.6) is 0 Å². The van der Waals surface area contributed by atoms with Crippen molar-refractivity contribution in [2.75, 3.05) is 18.9 Å². The first-order valence-electron chi connectivity index (χ1n) is 4.43. The zero-order valence-corrected chi connectivity index (χ0v) is 8.48. The van der Waals surface area contributed by atoms with E-state index in [0.717, 1.165) is 12.3 Å². The number of aliphatic imine (C=N–C) groups is 1. The van der Waals surface area contributed by atoms with E-state index in [4.69, 9.17) is 15.6 Å². The molecule has 2 heterocycles. The number of ether oxygens (including phenoxy) is 1. The third-order valence-electron chi connectivity index (χ3n) is 2.12. The third kappa shape index (κ3) is 2.02. The van der Waals surface area contributed by atoms with E-state index in [0.29, 0.717) is 5.82 Å². The van der Waals surface area contributed by atoms with Crippen molar-refractivity contribution >= 4 is 18.1 Å². The number of aliphatic hydroxyl groups is 1. The number of rotatable bonds is 2. The smallest absolute Gasteiger partial charge is 0.141 e. The van der Waals surface area contributed by atoms with Gasteiger partial charge in [0.1, 0.15) is 17.5 Å². The van der Waals surface area contributed by atoms with Crippen molar-refractivity contribution in [1.82, 2.24) is 4.90 Å². The molecule has 1 saturated heterocycles. The first-order valence-corrected chi connectivity index (χ1v) is 5.48. The van der Waals surface area contributed by atoms with Gasteiger partial charge in [-0.1, -0.05) is 0 Å². The average molecular weight is 215 g/mol. The summed E-state index contributed by atoms with van der Waals surface area (Å²) < 4.78 is 5.56. The Morgan fingerprint density at radius 1 is 1.79 bits per heavy atom. The van der Waals surface area contributed by atoms with Crippen LogP contribution in [0.15, 0.2) is 16.9 Å². The molecule has 0 bridgehead atoms. The van der Waals surface area contributed by atoms with Crippen molar-refractivity contribution < 1.29 is 9.84 Å². The van der Waals surface area contributed by atoms with Crippen LogP contribution >= 0.6 is 11.8 Å². The molecule has 0 aliphatic carbocycles. The molecule has 2 unspecified atom stereocenters. The number of nitrogens with zero attached hydrogens (tertiary/aromatic N) is 2. The molecule has 0 radical (unpaired) electrons. The van der Waals surface area contributed by atoms with E-state index in [1.54, 1.807) is 18.1 Å². The summed E-state index contributed by atoms with van der Waals surface area (Å²) in [7, 11) is 0. The van der Waals surface area contributed by atoms with E-state index in [-0.39, 0.29) is 18.3 Å². The molecule has 0 aromatic rings. The Hall–Kier alpha value is -0.720. The van der Waals surface area contributed by atoms with Gasteiger partial charge in [0.2, 0.25) is 0 Å². The molecule has 2 aliphatic heterocycles. The van der Waals surface area contributed by atoms with Crippen LogP contribution in [0.3, 0.4) is 0 Å². The van der Waals surface area contributed by atoms with Crippen molar-refractivity contribution in [2.45, 2.75) is 11.7 Å². The van der Waals surface area contributed by atoms with E-state index in [1.807, 2.05) is 11.0 Å². The van der Waals surface area contributed by atoms with Gasteiger partial charge in [-0.05, 0) is 6.08 Å².